The molecule has 0 bridgehead atoms. The summed E-state index contributed by atoms with van der Waals surface area (Å²) in [5.74, 6) is -2.76. The van der Waals surface area contributed by atoms with Crippen molar-refractivity contribution in [2.24, 2.45) is 5.41 Å². The van der Waals surface area contributed by atoms with Gasteiger partial charge in [0.05, 0.1) is 25.0 Å². The Morgan fingerprint density at radius 2 is 2.10 bits per heavy atom. The standard InChI is InChI=1S/C17H25N3O3.C2HF3O2/c1-19(2)16(21)20-9-6-15-17(12-20,7-10-23-15)13-22-11-14-5-3-4-8-18-14;3-2(4,5)1(6)7/h3-5,8,15H,6-7,9-13H2,1-2H3;(H,6,7)/t15-,17+;/m1./s1. The van der Waals surface area contributed by atoms with E-state index in [4.69, 9.17) is 19.4 Å². The molecule has 1 N–H and O–H groups in total. The summed E-state index contributed by atoms with van der Waals surface area (Å²) in [6.07, 6.45) is -1.29. The van der Waals surface area contributed by atoms with E-state index < -0.39 is 12.1 Å². The van der Waals surface area contributed by atoms with E-state index in [1.54, 1.807) is 25.2 Å². The van der Waals surface area contributed by atoms with Crippen molar-refractivity contribution < 1.29 is 37.3 Å². The maximum absolute atomic E-state index is 12.3. The predicted octanol–water partition coefficient (Wildman–Crippen LogP) is 2.39. The van der Waals surface area contributed by atoms with Crippen LogP contribution in [0.1, 0.15) is 18.5 Å². The van der Waals surface area contributed by atoms with Gasteiger partial charge in [0.15, 0.2) is 0 Å². The van der Waals surface area contributed by atoms with Gasteiger partial charge in [-0.15, -0.1) is 0 Å². The van der Waals surface area contributed by atoms with E-state index in [-0.39, 0.29) is 17.6 Å². The van der Waals surface area contributed by atoms with E-state index >= 15 is 0 Å². The van der Waals surface area contributed by atoms with Gasteiger partial charge in [-0.3, -0.25) is 4.98 Å². The molecule has 2 saturated heterocycles. The predicted molar refractivity (Wildman–Crippen MR) is 99.6 cm³/mol. The quantitative estimate of drug-likeness (QED) is 0.784. The van der Waals surface area contributed by atoms with E-state index in [1.807, 2.05) is 23.1 Å². The highest BCUT2D eigenvalue weighted by molar-refractivity contribution is 5.74. The molecule has 3 rings (SSSR count). The molecule has 30 heavy (non-hydrogen) atoms. The fourth-order valence-corrected chi connectivity index (χ4v) is 3.54. The molecule has 168 valence electrons. The summed E-state index contributed by atoms with van der Waals surface area (Å²) in [6, 6.07) is 5.89. The lowest BCUT2D eigenvalue weighted by molar-refractivity contribution is -0.192. The molecule has 2 aliphatic heterocycles. The second-order valence-corrected chi connectivity index (χ2v) is 7.48. The Bertz CT molecular complexity index is 717. The number of hydrogen-bond donors (Lipinski definition) is 1. The van der Waals surface area contributed by atoms with Gasteiger partial charge in [0.25, 0.3) is 0 Å². The average molecular weight is 433 g/mol. The van der Waals surface area contributed by atoms with E-state index in [1.165, 1.54) is 0 Å². The van der Waals surface area contributed by atoms with Crippen molar-refractivity contribution in [2.45, 2.75) is 31.7 Å². The van der Waals surface area contributed by atoms with Crippen molar-refractivity contribution in [3.05, 3.63) is 30.1 Å². The number of aliphatic carboxylic acids is 1. The minimum atomic E-state index is -5.08. The van der Waals surface area contributed by atoms with Gasteiger partial charge >= 0.3 is 18.2 Å². The summed E-state index contributed by atoms with van der Waals surface area (Å²) in [7, 11) is 3.59. The summed E-state index contributed by atoms with van der Waals surface area (Å²) in [6.45, 7) is 3.31. The Kier molecular flexibility index (Phi) is 8.02. The van der Waals surface area contributed by atoms with Crippen LogP contribution in [0.15, 0.2) is 24.4 Å². The number of likely N-dealkylation sites (tertiary alicyclic amines) is 1. The molecule has 2 amide bonds. The Hall–Kier alpha value is -2.40. The first kappa shape index (κ1) is 23.9. The molecule has 8 nitrogen and oxygen atoms in total. The van der Waals surface area contributed by atoms with Crippen LogP contribution in [0.5, 0.6) is 0 Å². The highest BCUT2D eigenvalue weighted by atomic mass is 19.4. The van der Waals surface area contributed by atoms with Crippen LogP contribution in [0.3, 0.4) is 0 Å². The molecule has 0 radical (unpaired) electrons. The fraction of sp³-hybridized carbons (Fsp3) is 0.632. The number of nitrogens with zero attached hydrogens (tertiary/aromatic N) is 3. The number of halogens is 3. The highest BCUT2D eigenvalue weighted by Crippen LogP contribution is 2.41. The molecule has 3 heterocycles. The number of ether oxygens (including phenoxy) is 2. The first-order valence-corrected chi connectivity index (χ1v) is 9.41. The number of carbonyl (C=O) groups is 2. The van der Waals surface area contributed by atoms with Crippen LogP contribution in [-0.2, 0) is 20.9 Å². The molecule has 0 saturated carbocycles. The van der Waals surface area contributed by atoms with E-state index in [0.29, 0.717) is 19.8 Å². The molecule has 0 aliphatic carbocycles. The number of piperidine rings is 1. The monoisotopic (exact) mass is 433 g/mol. The van der Waals surface area contributed by atoms with Crippen molar-refractivity contribution in [1.29, 1.82) is 0 Å². The number of carbonyl (C=O) groups excluding carboxylic acids is 1. The summed E-state index contributed by atoms with van der Waals surface area (Å²) >= 11 is 0. The zero-order valence-electron chi connectivity index (χ0n) is 16.9. The molecule has 1 aromatic rings. The lowest BCUT2D eigenvalue weighted by Crippen LogP contribution is -2.55. The topological polar surface area (TPSA) is 92.2 Å². The van der Waals surface area contributed by atoms with Crippen molar-refractivity contribution in [1.82, 2.24) is 14.8 Å². The summed E-state index contributed by atoms with van der Waals surface area (Å²) in [5.41, 5.74) is 0.843. The molecule has 0 unspecified atom stereocenters. The number of hydrogen-bond acceptors (Lipinski definition) is 5. The zero-order valence-corrected chi connectivity index (χ0v) is 16.9. The number of urea groups is 1. The Labute approximate surface area is 172 Å². The van der Waals surface area contributed by atoms with Crippen molar-refractivity contribution in [2.75, 3.05) is 40.4 Å². The highest BCUT2D eigenvalue weighted by Gasteiger charge is 2.49. The number of pyridine rings is 1. The van der Waals surface area contributed by atoms with Crippen LogP contribution >= 0.6 is 0 Å². The zero-order chi connectivity index (χ0) is 22.4. The van der Waals surface area contributed by atoms with Gasteiger partial charge in [0, 0.05) is 45.4 Å². The van der Waals surface area contributed by atoms with E-state index in [2.05, 4.69) is 4.98 Å². The summed E-state index contributed by atoms with van der Waals surface area (Å²) < 4.78 is 43.6. The molecular formula is C19H26F3N3O5. The number of amides is 2. The number of alkyl halides is 3. The number of rotatable bonds is 4. The van der Waals surface area contributed by atoms with E-state index in [0.717, 1.165) is 31.7 Å². The SMILES string of the molecule is CN(C)C(=O)N1CC[C@H]2OCC[C@@]2(COCc2ccccn2)C1.O=C(O)C(F)(F)F. The number of carboxylic acids is 1. The lowest BCUT2D eigenvalue weighted by Gasteiger charge is -2.44. The molecular weight excluding hydrogens is 407 g/mol. The van der Waals surface area contributed by atoms with E-state index in [9.17, 15) is 18.0 Å². The van der Waals surface area contributed by atoms with Gasteiger partial charge in [-0.25, -0.2) is 9.59 Å². The number of fused-ring (bicyclic) bond motifs is 1. The van der Waals surface area contributed by atoms with Crippen molar-refractivity contribution in [3.63, 3.8) is 0 Å². The Balaban J connectivity index is 0.000000396. The smallest absolute Gasteiger partial charge is 0.475 e. The second-order valence-electron chi connectivity index (χ2n) is 7.48. The minimum Gasteiger partial charge on any atom is -0.475 e. The van der Waals surface area contributed by atoms with Gasteiger partial charge in [-0.2, -0.15) is 13.2 Å². The molecule has 2 fully saturated rings. The lowest BCUT2D eigenvalue weighted by atomic mass is 9.77. The fourth-order valence-electron chi connectivity index (χ4n) is 3.54. The molecule has 2 atom stereocenters. The van der Waals surface area contributed by atoms with Crippen LogP contribution in [0.2, 0.25) is 0 Å². The van der Waals surface area contributed by atoms with Crippen molar-refractivity contribution in [3.8, 4) is 0 Å². The average Bonchev–Trinajstić information content (AvgIpc) is 3.11. The van der Waals surface area contributed by atoms with Crippen LogP contribution < -0.4 is 0 Å². The Morgan fingerprint density at radius 3 is 2.67 bits per heavy atom. The molecule has 0 aromatic carbocycles. The van der Waals surface area contributed by atoms with Crippen molar-refractivity contribution >= 4 is 12.0 Å². The van der Waals surface area contributed by atoms with Crippen LogP contribution in [0, 0.1) is 5.41 Å². The molecule has 2 aliphatic rings. The first-order valence-electron chi connectivity index (χ1n) is 9.41. The maximum atomic E-state index is 12.3. The number of carboxylic acid groups (broad SMARTS) is 1. The molecule has 11 heteroatoms. The third-order valence-electron chi connectivity index (χ3n) is 5.03. The van der Waals surface area contributed by atoms with Gasteiger partial charge in [-0.1, -0.05) is 6.07 Å². The van der Waals surface area contributed by atoms with Crippen LogP contribution in [0.25, 0.3) is 0 Å². The van der Waals surface area contributed by atoms with Gasteiger partial charge in [0.2, 0.25) is 0 Å². The van der Waals surface area contributed by atoms with Gasteiger partial charge < -0.3 is 24.4 Å². The normalized spacial score (nSPS) is 23.2. The third-order valence-corrected chi connectivity index (χ3v) is 5.03. The first-order chi connectivity index (χ1) is 14.0. The Morgan fingerprint density at radius 1 is 1.40 bits per heavy atom. The molecule has 0 spiro atoms. The van der Waals surface area contributed by atoms with Crippen LogP contribution in [-0.4, -0.2) is 84.6 Å². The molecule has 1 aromatic heterocycles. The largest absolute Gasteiger partial charge is 0.490 e. The third kappa shape index (κ3) is 6.30. The summed E-state index contributed by atoms with van der Waals surface area (Å²) in [4.78, 5) is 29.0. The van der Waals surface area contributed by atoms with Crippen LogP contribution in [0.4, 0.5) is 18.0 Å². The minimum absolute atomic E-state index is 0.0689. The maximum Gasteiger partial charge on any atom is 0.490 e. The van der Waals surface area contributed by atoms with Gasteiger partial charge in [0.1, 0.15) is 0 Å². The summed E-state index contributed by atoms with van der Waals surface area (Å²) in [5, 5.41) is 7.12. The van der Waals surface area contributed by atoms with Gasteiger partial charge in [-0.05, 0) is 25.0 Å². The number of aromatic nitrogens is 1. The second kappa shape index (κ2) is 10.1.